The highest BCUT2D eigenvalue weighted by Gasteiger charge is 2.15. The second-order valence-corrected chi connectivity index (χ2v) is 8.81. The Hall–Kier alpha value is -2.55. The Balaban J connectivity index is 1.60. The van der Waals surface area contributed by atoms with Crippen LogP contribution < -0.4 is 10.9 Å². The second kappa shape index (κ2) is 8.86. The van der Waals surface area contributed by atoms with Crippen molar-refractivity contribution in [1.82, 2.24) is 9.55 Å². The molecule has 2 aromatic heterocycles. The molecule has 0 bridgehead atoms. The minimum Gasteiger partial charge on any atom is -0.325 e. The summed E-state index contributed by atoms with van der Waals surface area (Å²) in [5, 5.41) is 5.26. The van der Waals surface area contributed by atoms with Crippen molar-refractivity contribution in [3.63, 3.8) is 0 Å². The van der Waals surface area contributed by atoms with Gasteiger partial charge in [0.25, 0.3) is 5.56 Å². The first-order valence-corrected chi connectivity index (χ1v) is 11.9. The lowest BCUT2D eigenvalue weighted by molar-refractivity contribution is -0.113. The van der Waals surface area contributed by atoms with E-state index in [-0.39, 0.29) is 17.2 Å². The van der Waals surface area contributed by atoms with Crippen molar-refractivity contribution in [3.05, 3.63) is 76.4 Å². The number of anilines is 1. The van der Waals surface area contributed by atoms with Gasteiger partial charge in [-0.15, -0.1) is 23.1 Å². The minimum absolute atomic E-state index is 0.119. The number of hydrogen-bond donors (Lipinski definition) is 1. The van der Waals surface area contributed by atoms with E-state index < -0.39 is 0 Å². The summed E-state index contributed by atoms with van der Waals surface area (Å²) in [6.45, 7) is 0. The first-order valence-electron chi connectivity index (χ1n) is 8.78. The number of thioether (sulfide) groups is 2. The van der Waals surface area contributed by atoms with E-state index in [4.69, 9.17) is 0 Å². The lowest BCUT2D eigenvalue weighted by Gasteiger charge is -2.12. The number of thiophene rings is 1. The van der Waals surface area contributed by atoms with Crippen LogP contribution in [0.25, 0.3) is 15.9 Å². The third kappa shape index (κ3) is 4.39. The average Bonchev–Trinajstić information content (AvgIpc) is 3.22. The van der Waals surface area contributed by atoms with Gasteiger partial charge in [-0.1, -0.05) is 36.0 Å². The van der Waals surface area contributed by atoms with Crippen molar-refractivity contribution in [1.29, 1.82) is 0 Å². The van der Waals surface area contributed by atoms with Crippen LogP contribution in [0.5, 0.6) is 0 Å². The molecule has 8 heteroatoms. The third-order valence-corrected chi connectivity index (χ3v) is 6.70. The molecule has 0 aliphatic rings. The number of nitrogens with zero attached hydrogens (tertiary/aromatic N) is 2. The number of carbonyl (C=O) groups excluding carboxylic acids is 1. The number of amides is 1. The first kappa shape index (κ1) is 19.8. The van der Waals surface area contributed by atoms with Crippen molar-refractivity contribution < 1.29 is 4.79 Å². The first-order chi connectivity index (χ1) is 14.2. The molecule has 4 rings (SSSR count). The number of carbonyl (C=O) groups is 1. The molecule has 2 aromatic carbocycles. The predicted octanol–water partition coefficient (Wildman–Crippen LogP) is 4.90. The van der Waals surface area contributed by atoms with Gasteiger partial charge in [0, 0.05) is 10.6 Å². The maximum atomic E-state index is 13.0. The number of fused-ring (bicyclic) bond motifs is 1. The molecule has 0 aliphatic heterocycles. The van der Waals surface area contributed by atoms with Crippen LogP contribution in [0.2, 0.25) is 0 Å². The van der Waals surface area contributed by atoms with Crippen molar-refractivity contribution in [2.75, 3.05) is 17.3 Å². The van der Waals surface area contributed by atoms with E-state index in [9.17, 15) is 9.59 Å². The van der Waals surface area contributed by atoms with Crippen molar-refractivity contribution >= 4 is 56.7 Å². The molecule has 29 heavy (non-hydrogen) atoms. The van der Waals surface area contributed by atoms with E-state index in [1.165, 1.54) is 23.1 Å². The highest BCUT2D eigenvalue weighted by atomic mass is 32.2. The molecule has 146 valence electrons. The number of para-hydroxylation sites is 1. The van der Waals surface area contributed by atoms with E-state index in [1.54, 1.807) is 16.3 Å². The van der Waals surface area contributed by atoms with Crippen LogP contribution in [0, 0.1) is 0 Å². The summed E-state index contributed by atoms with van der Waals surface area (Å²) in [4.78, 5) is 31.2. The van der Waals surface area contributed by atoms with Crippen LogP contribution in [-0.4, -0.2) is 27.5 Å². The van der Waals surface area contributed by atoms with Gasteiger partial charge in [0.1, 0.15) is 4.70 Å². The smallest absolute Gasteiger partial charge is 0.276 e. The summed E-state index contributed by atoms with van der Waals surface area (Å²) in [6, 6.07) is 18.9. The van der Waals surface area contributed by atoms with E-state index in [0.29, 0.717) is 15.4 Å². The van der Waals surface area contributed by atoms with Crippen molar-refractivity contribution in [2.24, 2.45) is 0 Å². The highest BCUT2D eigenvalue weighted by molar-refractivity contribution is 7.99. The molecule has 0 saturated heterocycles. The molecule has 0 spiro atoms. The zero-order chi connectivity index (χ0) is 20.2. The van der Waals surface area contributed by atoms with Gasteiger partial charge in [-0.05, 0) is 48.0 Å². The lowest BCUT2D eigenvalue weighted by Crippen LogP contribution is -2.22. The standard InChI is InChI=1S/C21H17N3O2S3/c1-27-16-9-5-6-14(12-16)22-18(25)13-29-21-23-17-10-11-28-19(17)20(26)24(21)15-7-3-2-4-8-15/h2-12H,13H2,1H3,(H,22,25). The topological polar surface area (TPSA) is 64.0 Å². The molecule has 0 saturated carbocycles. The fourth-order valence-electron chi connectivity index (χ4n) is 2.82. The van der Waals surface area contributed by atoms with Gasteiger partial charge in [-0.3, -0.25) is 14.2 Å². The molecule has 2 heterocycles. The summed E-state index contributed by atoms with van der Waals surface area (Å²) in [5.41, 5.74) is 2.02. The molecule has 0 aliphatic carbocycles. The Bertz CT molecular complexity index is 1220. The summed E-state index contributed by atoms with van der Waals surface area (Å²) >= 11 is 4.25. The molecule has 1 amide bonds. The van der Waals surface area contributed by atoms with Crippen LogP contribution in [0.1, 0.15) is 0 Å². The van der Waals surface area contributed by atoms with Crippen LogP contribution in [0.3, 0.4) is 0 Å². The number of aromatic nitrogens is 2. The molecular weight excluding hydrogens is 422 g/mol. The Morgan fingerprint density at radius 3 is 2.76 bits per heavy atom. The average molecular weight is 440 g/mol. The lowest BCUT2D eigenvalue weighted by atomic mass is 10.3. The number of rotatable bonds is 6. The second-order valence-electron chi connectivity index (χ2n) is 6.07. The molecule has 5 nitrogen and oxygen atoms in total. The van der Waals surface area contributed by atoms with Gasteiger partial charge in [-0.25, -0.2) is 4.98 Å². The molecule has 0 atom stereocenters. The maximum absolute atomic E-state index is 13.0. The van der Waals surface area contributed by atoms with Gasteiger partial charge in [0.05, 0.1) is 17.0 Å². The van der Waals surface area contributed by atoms with Gasteiger partial charge >= 0.3 is 0 Å². The number of benzene rings is 2. The minimum atomic E-state index is -0.146. The van der Waals surface area contributed by atoms with Gasteiger partial charge in [0.15, 0.2) is 5.16 Å². The summed E-state index contributed by atoms with van der Waals surface area (Å²) in [6.07, 6.45) is 1.99. The normalized spacial score (nSPS) is 10.9. The Kier molecular flexibility index (Phi) is 6.03. The molecule has 4 aromatic rings. The summed E-state index contributed by atoms with van der Waals surface area (Å²) in [5.74, 6) is 0.00540. The fourth-order valence-corrected chi connectivity index (χ4v) is 4.85. The molecule has 0 fully saturated rings. The van der Waals surface area contributed by atoms with Crippen LogP contribution in [0.4, 0.5) is 5.69 Å². The van der Waals surface area contributed by atoms with Crippen molar-refractivity contribution in [2.45, 2.75) is 10.1 Å². The third-order valence-electron chi connectivity index (χ3n) is 4.15. The molecule has 0 radical (unpaired) electrons. The zero-order valence-corrected chi connectivity index (χ0v) is 17.9. The van der Waals surface area contributed by atoms with E-state index in [1.807, 2.05) is 72.3 Å². The van der Waals surface area contributed by atoms with Gasteiger partial charge in [-0.2, -0.15) is 0 Å². The quantitative estimate of drug-likeness (QED) is 0.342. The maximum Gasteiger partial charge on any atom is 0.276 e. The largest absolute Gasteiger partial charge is 0.325 e. The monoisotopic (exact) mass is 439 g/mol. The van der Waals surface area contributed by atoms with Crippen molar-refractivity contribution in [3.8, 4) is 5.69 Å². The molecule has 1 N–H and O–H groups in total. The number of hydrogen-bond acceptors (Lipinski definition) is 6. The van der Waals surface area contributed by atoms with E-state index in [0.717, 1.165) is 16.3 Å². The van der Waals surface area contributed by atoms with Crippen LogP contribution in [-0.2, 0) is 4.79 Å². The van der Waals surface area contributed by atoms with Crippen LogP contribution in [0.15, 0.2) is 80.9 Å². The van der Waals surface area contributed by atoms with E-state index in [2.05, 4.69) is 10.3 Å². The Morgan fingerprint density at radius 1 is 1.14 bits per heavy atom. The van der Waals surface area contributed by atoms with E-state index >= 15 is 0 Å². The summed E-state index contributed by atoms with van der Waals surface area (Å²) < 4.78 is 2.18. The Morgan fingerprint density at radius 2 is 1.97 bits per heavy atom. The molecule has 0 unspecified atom stereocenters. The Labute approximate surface area is 180 Å². The van der Waals surface area contributed by atoms with Crippen LogP contribution >= 0.6 is 34.9 Å². The van der Waals surface area contributed by atoms with Gasteiger partial charge in [0.2, 0.25) is 5.91 Å². The molecular formula is C21H17N3O2S3. The zero-order valence-electron chi connectivity index (χ0n) is 15.5. The number of nitrogens with one attached hydrogen (secondary N) is 1. The van der Waals surface area contributed by atoms with Gasteiger partial charge < -0.3 is 5.32 Å². The fraction of sp³-hybridized carbons (Fsp3) is 0.0952. The summed E-state index contributed by atoms with van der Waals surface area (Å²) in [7, 11) is 0. The SMILES string of the molecule is CSc1cccc(NC(=O)CSc2nc3ccsc3c(=O)n2-c2ccccc2)c1. The highest BCUT2D eigenvalue weighted by Crippen LogP contribution is 2.24. The predicted molar refractivity (Wildman–Crippen MR) is 123 cm³/mol.